The molecule has 110 valence electrons. The van der Waals surface area contributed by atoms with Crippen LogP contribution in [0.25, 0.3) is 0 Å². The Kier molecular flexibility index (Phi) is 5.56. The Labute approximate surface area is 120 Å². The van der Waals surface area contributed by atoms with Gasteiger partial charge in [-0.3, -0.25) is 4.79 Å². The number of aryl methyl sites for hydroxylation is 1. The van der Waals surface area contributed by atoms with Crippen LogP contribution in [0.2, 0.25) is 0 Å². The van der Waals surface area contributed by atoms with E-state index in [4.69, 9.17) is 4.74 Å². The highest BCUT2D eigenvalue weighted by molar-refractivity contribution is 5.78. The Morgan fingerprint density at radius 1 is 1.45 bits per heavy atom. The number of benzene rings is 1. The Bertz CT molecular complexity index is 442. The Morgan fingerprint density at radius 3 is 2.95 bits per heavy atom. The number of carbonyl (C=O) groups is 1. The van der Waals surface area contributed by atoms with E-state index in [9.17, 15) is 4.79 Å². The second-order valence-electron chi connectivity index (χ2n) is 5.42. The maximum atomic E-state index is 11.8. The molecule has 0 spiro atoms. The average Bonchev–Trinajstić information content (AvgIpc) is 2.98. The molecule has 0 aliphatic carbocycles. The van der Waals surface area contributed by atoms with E-state index in [1.807, 2.05) is 18.2 Å². The summed E-state index contributed by atoms with van der Waals surface area (Å²) in [6.07, 6.45) is 2.45. The predicted molar refractivity (Wildman–Crippen MR) is 79.5 cm³/mol. The monoisotopic (exact) mass is 276 g/mol. The lowest BCUT2D eigenvalue weighted by Gasteiger charge is -2.19. The molecule has 1 fully saturated rings. The summed E-state index contributed by atoms with van der Waals surface area (Å²) in [4.78, 5) is 11.8. The fraction of sp³-hybridized carbons (Fsp3) is 0.562. The third-order valence-corrected chi connectivity index (χ3v) is 3.84. The summed E-state index contributed by atoms with van der Waals surface area (Å²) < 4.78 is 5.60. The molecule has 4 nitrogen and oxygen atoms in total. The van der Waals surface area contributed by atoms with Crippen molar-refractivity contribution in [1.82, 2.24) is 10.6 Å². The largest absolute Gasteiger partial charge is 0.377 e. The molecule has 20 heavy (non-hydrogen) atoms. The quantitative estimate of drug-likeness (QED) is 0.832. The molecule has 0 radical (unpaired) electrons. The number of amides is 1. The summed E-state index contributed by atoms with van der Waals surface area (Å²) in [5.74, 6) is 0.0260. The number of nitrogens with one attached hydrogen (secondary N) is 2. The fourth-order valence-electron chi connectivity index (χ4n) is 2.45. The molecule has 1 aromatic carbocycles. The van der Waals surface area contributed by atoms with Crippen LogP contribution in [-0.4, -0.2) is 31.2 Å². The highest BCUT2D eigenvalue weighted by Gasteiger charge is 2.22. The van der Waals surface area contributed by atoms with Crippen molar-refractivity contribution in [2.24, 2.45) is 0 Å². The van der Waals surface area contributed by atoms with Crippen molar-refractivity contribution >= 4 is 5.91 Å². The summed E-state index contributed by atoms with van der Waals surface area (Å²) >= 11 is 0. The molecule has 0 saturated carbocycles. The molecular weight excluding hydrogens is 252 g/mol. The van der Waals surface area contributed by atoms with Gasteiger partial charge in [0.05, 0.1) is 12.6 Å². The van der Waals surface area contributed by atoms with Crippen LogP contribution in [0.4, 0.5) is 0 Å². The second-order valence-corrected chi connectivity index (χ2v) is 5.42. The number of carbonyl (C=O) groups excluding carboxylic acids is 1. The zero-order valence-electron chi connectivity index (χ0n) is 12.3. The van der Waals surface area contributed by atoms with Crippen LogP contribution in [0.5, 0.6) is 0 Å². The molecule has 1 aromatic rings. The van der Waals surface area contributed by atoms with E-state index in [0.717, 1.165) is 25.0 Å². The van der Waals surface area contributed by atoms with Crippen LogP contribution in [0.3, 0.4) is 0 Å². The van der Waals surface area contributed by atoms with Crippen molar-refractivity contribution in [3.05, 3.63) is 35.4 Å². The van der Waals surface area contributed by atoms with Crippen LogP contribution < -0.4 is 10.6 Å². The minimum Gasteiger partial charge on any atom is -0.377 e. The number of hydrogen-bond acceptors (Lipinski definition) is 3. The zero-order valence-corrected chi connectivity index (χ0v) is 12.3. The lowest BCUT2D eigenvalue weighted by Crippen LogP contribution is -2.43. The van der Waals surface area contributed by atoms with Gasteiger partial charge in [0.2, 0.25) is 5.91 Å². The van der Waals surface area contributed by atoms with Crippen molar-refractivity contribution < 1.29 is 9.53 Å². The van der Waals surface area contributed by atoms with E-state index >= 15 is 0 Å². The van der Waals surface area contributed by atoms with E-state index in [2.05, 4.69) is 30.5 Å². The third-order valence-electron chi connectivity index (χ3n) is 3.84. The molecule has 0 bridgehead atoms. The molecule has 2 rings (SSSR count). The van der Waals surface area contributed by atoms with E-state index in [0.29, 0.717) is 13.1 Å². The molecule has 1 saturated heterocycles. The van der Waals surface area contributed by atoms with Crippen molar-refractivity contribution in [3.8, 4) is 0 Å². The average molecular weight is 276 g/mol. The molecule has 1 heterocycles. The Balaban J connectivity index is 1.69. The molecule has 0 unspecified atom stereocenters. The van der Waals surface area contributed by atoms with Gasteiger partial charge in [-0.05, 0) is 37.8 Å². The van der Waals surface area contributed by atoms with Gasteiger partial charge in [0.15, 0.2) is 0 Å². The molecular formula is C16H24N2O2. The first-order valence-corrected chi connectivity index (χ1v) is 7.33. The highest BCUT2D eigenvalue weighted by atomic mass is 16.5. The van der Waals surface area contributed by atoms with E-state index < -0.39 is 0 Å². The molecule has 4 heteroatoms. The summed E-state index contributed by atoms with van der Waals surface area (Å²) in [5, 5.41) is 6.18. The third kappa shape index (κ3) is 4.32. The molecule has 0 aromatic heterocycles. The van der Waals surface area contributed by atoms with E-state index in [-0.39, 0.29) is 18.1 Å². The summed E-state index contributed by atoms with van der Waals surface area (Å²) in [6, 6.07) is 8.32. The SMILES string of the molecule is Cc1ccccc1CNC(=O)CN[C@@H](C)[C@H]1CCCO1. The van der Waals surface area contributed by atoms with Gasteiger partial charge < -0.3 is 15.4 Å². The minimum absolute atomic E-state index is 0.0260. The minimum atomic E-state index is 0.0260. The van der Waals surface area contributed by atoms with Crippen molar-refractivity contribution in [2.45, 2.75) is 45.4 Å². The van der Waals surface area contributed by atoms with Crippen LogP contribution >= 0.6 is 0 Å². The Hall–Kier alpha value is -1.39. The molecule has 2 N–H and O–H groups in total. The number of ether oxygens (including phenoxy) is 1. The lowest BCUT2D eigenvalue weighted by atomic mass is 10.1. The van der Waals surface area contributed by atoms with Gasteiger partial charge in [-0.2, -0.15) is 0 Å². The summed E-state index contributed by atoms with van der Waals surface area (Å²) in [5.41, 5.74) is 2.36. The van der Waals surface area contributed by atoms with Crippen LogP contribution in [0.1, 0.15) is 30.9 Å². The van der Waals surface area contributed by atoms with Gasteiger partial charge in [0.1, 0.15) is 0 Å². The Morgan fingerprint density at radius 2 is 2.25 bits per heavy atom. The predicted octanol–water partition coefficient (Wildman–Crippen LogP) is 1.77. The first kappa shape index (κ1) is 15.0. The standard InChI is InChI=1S/C16H24N2O2/c1-12-6-3-4-7-14(12)10-18-16(19)11-17-13(2)15-8-5-9-20-15/h3-4,6-7,13,15,17H,5,8-11H2,1-2H3,(H,18,19)/t13-,15+/m0/s1. The normalized spacial score (nSPS) is 19.8. The van der Waals surface area contributed by atoms with Crippen LogP contribution in [0, 0.1) is 6.92 Å². The van der Waals surface area contributed by atoms with Crippen LogP contribution in [-0.2, 0) is 16.1 Å². The number of hydrogen-bond donors (Lipinski definition) is 2. The van der Waals surface area contributed by atoms with Gasteiger partial charge >= 0.3 is 0 Å². The molecule has 2 atom stereocenters. The van der Waals surface area contributed by atoms with Gasteiger partial charge in [-0.25, -0.2) is 0 Å². The van der Waals surface area contributed by atoms with Gasteiger partial charge in [-0.15, -0.1) is 0 Å². The second kappa shape index (κ2) is 7.41. The lowest BCUT2D eigenvalue weighted by molar-refractivity contribution is -0.120. The maximum absolute atomic E-state index is 11.8. The van der Waals surface area contributed by atoms with Crippen molar-refractivity contribution in [1.29, 1.82) is 0 Å². The van der Waals surface area contributed by atoms with E-state index in [1.165, 1.54) is 5.56 Å². The maximum Gasteiger partial charge on any atom is 0.234 e. The van der Waals surface area contributed by atoms with E-state index in [1.54, 1.807) is 0 Å². The topological polar surface area (TPSA) is 50.4 Å². The zero-order chi connectivity index (χ0) is 14.4. The molecule has 1 aliphatic heterocycles. The first-order chi connectivity index (χ1) is 9.66. The fourth-order valence-corrected chi connectivity index (χ4v) is 2.45. The summed E-state index contributed by atoms with van der Waals surface area (Å²) in [7, 11) is 0. The molecule has 1 amide bonds. The number of rotatable bonds is 6. The smallest absolute Gasteiger partial charge is 0.234 e. The summed E-state index contributed by atoms with van der Waals surface area (Å²) in [6.45, 7) is 5.90. The van der Waals surface area contributed by atoms with Crippen molar-refractivity contribution in [2.75, 3.05) is 13.2 Å². The van der Waals surface area contributed by atoms with Gasteiger partial charge in [-0.1, -0.05) is 24.3 Å². The van der Waals surface area contributed by atoms with Crippen molar-refractivity contribution in [3.63, 3.8) is 0 Å². The van der Waals surface area contributed by atoms with Gasteiger partial charge in [0.25, 0.3) is 0 Å². The molecule has 1 aliphatic rings. The highest BCUT2D eigenvalue weighted by Crippen LogP contribution is 2.15. The first-order valence-electron chi connectivity index (χ1n) is 7.33. The van der Waals surface area contributed by atoms with Crippen LogP contribution in [0.15, 0.2) is 24.3 Å². The van der Waals surface area contributed by atoms with Gasteiger partial charge in [0, 0.05) is 19.2 Å².